The molecule has 5 aliphatic heterocycles. The minimum Gasteiger partial charge on any atom is -0.399 e. The number of carbonyl (C=O) groups is 1. The van der Waals surface area contributed by atoms with Crippen molar-refractivity contribution in [2.24, 2.45) is 0 Å². The van der Waals surface area contributed by atoms with Crippen LogP contribution >= 0.6 is 0 Å². The van der Waals surface area contributed by atoms with Gasteiger partial charge in [-0.15, -0.1) is 0 Å². The summed E-state index contributed by atoms with van der Waals surface area (Å²) in [6.45, 7) is 22.8. The van der Waals surface area contributed by atoms with Gasteiger partial charge in [0, 0.05) is 124 Å². The number of benzene rings is 5. The number of aryl methyl sites for hydroxylation is 3. The molecule has 0 saturated heterocycles. The maximum Gasteiger partial charge on any atom is 0.269 e. The zero-order chi connectivity index (χ0) is 71.7. The summed E-state index contributed by atoms with van der Waals surface area (Å²) in [6, 6.07) is 22.9. The first-order valence-corrected chi connectivity index (χ1v) is 39.7. The number of rotatable bonds is 6. The molecule has 0 spiro atoms. The number of hydrogen-bond acceptors (Lipinski definition) is 16. The van der Waals surface area contributed by atoms with Crippen LogP contribution < -0.4 is 28.3 Å². The molecule has 2 aliphatic carbocycles. The van der Waals surface area contributed by atoms with Crippen LogP contribution in [0.3, 0.4) is 0 Å². The van der Waals surface area contributed by atoms with Gasteiger partial charge in [-0.3, -0.25) is 47.3 Å². The smallest absolute Gasteiger partial charge is 0.269 e. The number of nitrogens with zero attached hydrogens (tertiary/aromatic N) is 7. The van der Waals surface area contributed by atoms with Crippen molar-refractivity contribution < 1.29 is 48.3 Å². The Labute approximate surface area is 572 Å². The monoisotopic (exact) mass is 1420 g/mol. The maximum atomic E-state index is 12.3. The van der Waals surface area contributed by atoms with Gasteiger partial charge < -0.3 is 21.0 Å². The molecule has 15 rings (SSSR count). The number of Topliss-reactive ketones (excluding diaryl/α,β-unsaturated/α-hetero) is 1. The van der Waals surface area contributed by atoms with Crippen LogP contribution in [-0.4, -0.2) is 127 Å². The van der Waals surface area contributed by atoms with Gasteiger partial charge in [0.25, 0.3) is 11.4 Å². The van der Waals surface area contributed by atoms with Crippen LogP contribution in [0.15, 0.2) is 85.1 Å². The third kappa shape index (κ3) is 13.3. The van der Waals surface area contributed by atoms with Crippen molar-refractivity contribution in [1.82, 2.24) is 20.2 Å². The number of aromatic amines is 3. The Morgan fingerprint density at radius 2 is 0.878 bits per heavy atom. The van der Waals surface area contributed by atoms with E-state index in [0.29, 0.717) is 49.5 Å². The number of carbonyl (C=O) groups excluding carboxylic acids is 1. The number of non-ortho nitro benzene ring substituents is 2. The summed E-state index contributed by atoms with van der Waals surface area (Å²) in [6.07, 6.45) is 13.2. The largest absolute Gasteiger partial charge is 0.399 e. The molecule has 0 bridgehead atoms. The number of aromatic nitrogens is 4. The number of hydrogen-bond donors (Lipinski definition) is 5. The minimum atomic E-state index is -3.36. The lowest BCUT2D eigenvalue weighted by molar-refractivity contribution is -0.385. The predicted octanol–water partition coefficient (Wildman–Crippen LogP) is 11.5. The lowest BCUT2D eigenvalue weighted by Crippen LogP contribution is -2.33. The lowest BCUT2D eigenvalue weighted by atomic mass is 9.86. The second kappa shape index (κ2) is 24.4. The highest BCUT2D eigenvalue weighted by Gasteiger charge is 2.44. The summed E-state index contributed by atoms with van der Waals surface area (Å²) >= 11 is 0. The molecule has 0 fully saturated rings. The number of nitro benzene ring substituents is 2. The summed E-state index contributed by atoms with van der Waals surface area (Å²) in [4.78, 5) is 39.8. The van der Waals surface area contributed by atoms with Crippen molar-refractivity contribution in [3.63, 3.8) is 0 Å². The molecule has 0 radical (unpaired) electrons. The zero-order valence-corrected chi connectivity index (χ0v) is 61.0. The Kier molecular flexibility index (Phi) is 17.6. The molecular weight excluding hydrogens is 1330 g/mol. The molecule has 8 heterocycles. The molecule has 98 heavy (non-hydrogen) atoms. The molecule has 5 aromatic carbocycles. The van der Waals surface area contributed by atoms with Gasteiger partial charge in [0.2, 0.25) is 40.1 Å². The highest BCUT2D eigenvalue weighted by Crippen LogP contribution is 2.49. The van der Waals surface area contributed by atoms with Gasteiger partial charge in [0.05, 0.1) is 80.9 Å². The summed E-state index contributed by atoms with van der Waals surface area (Å²) in [5, 5.41) is 34.0. The Morgan fingerprint density at radius 1 is 0.469 bits per heavy atom. The van der Waals surface area contributed by atoms with E-state index in [1.165, 1.54) is 67.1 Å². The quantitative estimate of drug-likeness (QED) is 0.0447. The minimum absolute atomic E-state index is 0.0125. The third-order valence-corrected chi connectivity index (χ3v) is 24.4. The van der Waals surface area contributed by atoms with Gasteiger partial charge in [-0.25, -0.2) is 33.7 Å². The molecule has 7 aliphatic rings. The van der Waals surface area contributed by atoms with Gasteiger partial charge in [-0.2, -0.15) is 5.10 Å². The van der Waals surface area contributed by atoms with Crippen LogP contribution in [-0.2, 0) is 86.4 Å². The van der Waals surface area contributed by atoms with Crippen molar-refractivity contribution in [2.45, 2.75) is 141 Å². The highest BCUT2D eigenvalue weighted by molar-refractivity contribution is 7.93. The molecule has 3 aromatic heterocycles. The van der Waals surface area contributed by atoms with E-state index in [0.717, 1.165) is 141 Å². The number of nitro groups is 2. The van der Waals surface area contributed by atoms with E-state index in [-0.39, 0.29) is 43.7 Å². The molecule has 524 valence electrons. The average molecular weight is 1420 g/mol. The van der Waals surface area contributed by atoms with E-state index in [4.69, 9.17) is 5.73 Å². The first-order chi connectivity index (χ1) is 45.3. The summed E-state index contributed by atoms with van der Waals surface area (Å²) in [7, 11) is -13.2. The lowest BCUT2D eigenvalue weighted by Gasteiger charge is -2.20. The fraction of sp³-hybridized carbons (Fsp3) is 0.449. The first kappa shape index (κ1) is 70.8. The average Bonchev–Trinajstić information content (AvgIpc) is 1.58. The topological polar surface area (TPSA) is 351 Å². The van der Waals surface area contributed by atoms with E-state index in [1.54, 1.807) is 28.6 Å². The molecule has 29 heteroatoms. The molecule has 8 aromatic rings. The van der Waals surface area contributed by atoms with E-state index >= 15 is 0 Å². The van der Waals surface area contributed by atoms with Crippen LogP contribution in [0.2, 0.25) is 0 Å². The molecule has 0 unspecified atom stereocenters. The van der Waals surface area contributed by atoms with Gasteiger partial charge >= 0.3 is 0 Å². The van der Waals surface area contributed by atoms with E-state index < -0.39 is 50.4 Å². The van der Waals surface area contributed by atoms with E-state index in [9.17, 15) is 58.7 Å². The predicted molar refractivity (Wildman–Crippen MR) is 388 cm³/mol. The van der Waals surface area contributed by atoms with Gasteiger partial charge in [-0.05, 0) is 138 Å². The number of nitrogen functional groups attached to an aromatic ring is 1. The Morgan fingerprint density at radius 3 is 1.37 bits per heavy atom. The Balaban J connectivity index is 0.000000126. The number of H-pyrrole nitrogens is 3. The molecule has 0 atom stereocenters. The number of fused-ring (bicyclic) bond motifs is 13. The maximum absolute atomic E-state index is 12.3. The second-order valence-corrected chi connectivity index (χ2v) is 37.7. The molecule has 0 amide bonds. The molecule has 0 saturated carbocycles. The van der Waals surface area contributed by atoms with Crippen LogP contribution in [0.4, 0.5) is 45.5 Å². The first-order valence-electron chi connectivity index (χ1n) is 32.4. The number of ketones is 1. The number of anilines is 6. The SMILES string of the molecule is CC1(C)CN(S(C)(=O)=O)c2cc3c4c([nH]c3cc21)-c1[nH]ncc1CCC4.CC1(C)CN(S(C)(=O)=O)c2cc3c4c([nH]c3cc21)C(=O)CCCC4.CC1(C)CN(S(C)(=O)=O)c2ccc(N)cc21.CC1(C)CN(S(C)(=O)=O)c2ccc([N+](=O)[O-])cc21.CC1(C)CNc2ccc([N+](=O)[O-])cc21. The standard InChI is InChI=1S/C19H22N4O2S.C18H22N2O3S.C11H14N2O4S.C11H16N2O2S.C10H12N2O2/c1-19(2)10-23(26(3,24)25)16-7-13-12-6-4-5-11-9-20-22-17(11)18(12)21-15(13)8-14(16)19;1-18(2)10-20(24(3,22)23)15-8-12-11-6-4-5-7-16(21)17(11)19-14(12)9-13(15)18;1-11(2)7-12(18(3,16)17)10-5-4-8(13(14)15)6-9(10)11;1-11(2)7-13(16(3,14)15)10-5-4-8(12)6-9(10)11;1-10(2)6-11-9-4-3-7(12(13)14)5-8(9)10/h7-9,21H,4-6,10H2,1-3H3,(H,20,22);8-9,19H,4-7,10H2,1-3H3;4-6H,7H2,1-3H3;4-6H,7,12H2,1-3H3;3-5,11H,6H2,1-2H3. The molecule has 25 nitrogen and oxygen atoms in total. The number of sulfonamides is 4. The fourth-order valence-electron chi connectivity index (χ4n) is 14.7. The second-order valence-electron chi connectivity index (χ2n) is 30.1. The van der Waals surface area contributed by atoms with E-state index in [2.05, 4.69) is 79.2 Å². The third-order valence-electron chi connectivity index (χ3n) is 19.9. The van der Waals surface area contributed by atoms with E-state index in [1.807, 2.05) is 52.1 Å². The van der Waals surface area contributed by atoms with Crippen LogP contribution in [0, 0.1) is 20.2 Å². The summed E-state index contributed by atoms with van der Waals surface area (Å²) in [5.41, 5.74) is 22.6. The van der Waals surface area contributed by atoms with Crippen molar-refractivity contribution in [1.29, 1.82) is 0 Å². The Bertz CT molecular complexity index is 5110. The summed E-state index contributed by atoms with van der Waals surface area (Å²) in [5.74, 6) is 0.165. The number of nitrogens with one attached hydrogen (secondary N) is 4. The van der Waals surface area contributed by atoms with Crippen molar-refractivity contribution >= 4 is 113 Å². The van der Waals surface area contributed by atoms with Gasteiger partial charge in [0.15, 0.2) is 5.78 Å². The van der Waals surface area contributed by atoms with Crippen LogP contribution in [0.25, 0.3) is 33.2 Å². The van der Waals surface area contributed by atoms with Crippen molar-refractivity contribution in [2.75, 3.05) is 86.0 Å². The highest BCUT2D eigenvalue weighted by atomic mass is 32.2. The Hall–Kier alpha value is -8.54. The van der Waals surface area contributed by atoms with Crippen LogP contribution in [0.1, 0.15) is 150 Å². The fourth-order valence-corrected chi connectivity index (χ4v) is 19.0. The van der Waals surface area contributed by atoms with Crippen molar-refractivity contribution in [3.8, 4) is 11.4 Å². The number of nitrogens with two attached hydrogens (primary N) is 1. The van der Waals surface area contributed by atoms with Crippen LogP contribution in [0.5, 0.6) is 0 Å². The normalized spacial score (nSPS) is 18.6. The zero-order valence-electron chi connectivity index (χ0n) is 57.7. The van der Waals surface area contributed by atoms with Crippen molar-refractivity contribution in [3.05, 3.63) is 155 Å². The van der Waals surface area contributed by atoms with Gasteiger partial charge in [0.1, 0.15) is 0 Å². The summed E-state index contributed by atoms with van der Waals surface area (Å²) < 4.78 is 102. The van der Waals surface area contributed by atoms with Gasteiger partial charge in [-0.1, -0.05) is 69.2 Å². The molecular formula is C69H86N12O13S4. The molecule has 6 N–H and O–H groups in total.